The zero-order chi connectivity index (χ0) is 30.8. The topological polar surface area (TPSA) is 107 Å². The van der Waals surface area contributed by atoms with Gasteiger partial charge in [0.1, 0.15) is 17.3 Å². The molecule has 4 aliphatic rings. The Morgan fingerprint density at radius 3 is 2.47 bits per heavy atom. The van der Waals surface area contributed by atoms with Crippen molar-refractivity contribution in [2.24, 2.45) is 11.8 Å². The van der Waals surface area contributed by atoms with Gasteiger partial charge in [0.15, 0.2) is 0 Å². The zero-order valence-electron chi connectivity index (χ0n) is 25.1. The van der Waals surface area contributed by atoms with Crippen LogP contribution in [-0.2, 0) is 21.4 Å². The molecule has 4 N–H and O–H groups in total. The maximum Gasteiger partial charge on any atom is 0.430 e. The number of nitrogens with zero attached hydrogens (tertiary/aromatic N) is 2. The third-order valence-corrected chi connectivity index (χ3v) is 11.4. The second kappa shape index (κ2) is 13.2. The molecular weight excluding hydrogens is 577 g/mol. The molecule has 2 aromatic rings. The summed E-state index contributed by atoms with van der Waals surface area (Å²) in [5, 5.41) is 14.9. The molecule has 4 heterocycles. The van der Waals surface area contributed by atoms with Crippen molar-refractivity contribution in [3.8, 4) is 0 Å². The van der Waals surface area contributed by atoms with Gasteiger partial charge in [-0.25, -0.2) is 4.98 Å². The molecule has 43 heavy (non-hydrogen) atoms. The lowest BCUT2D eigenvalue weighted by atomic mass is 9.72. The van der Waals surface area contributed by atoms with Gasteiger partial charge in [-0.15, -0.1) is 11.3 Å². The number of amides is 1. The first-order chi connectivity index (χ1) is 20.5. The Morgan fingerprint density at radius 1 is 1.09 bits per heavy atom. The van der Waals surface area contributed by atoms with Crippen molar-refractivity contribution < 1.29 is 38.5 Å². The summed E-state index contributed by atoms with van der Waals surface area (Å²) >= 11 is 1.87. The van der Waals surface area contributed by atoms with Crippen LogP contribution in [0.1, 0.15) is 78.9 Å². The molecule has 7 nitrogen and oxygen atoms in total. The van der Waals surface area contributed by atoms with Crippen LogP contribution in [0.15, 0.2) is 30.3 Å². The summed E-state index contributed by atoms with van der Waals surface area (Å²) in [5.74, 6) is -1.25. The van der Waals surface area contributed by atoms with Crippen LogP contribution in [0.25, 0.3) is 0 Å². The first-order valence-corrected chi connectivity index (χ1v) is 16.6. The molecule has 0 radical (unpaired) electrons. The highest BCUT2D eigenvalue weighted by molar-refractivity contribution is 7.11. The fourth-order valence-electron chi connectivity index (χ4n) is 8.04. The number of rotatable bonds is 3. The van der Waals surface area contributed by atoms with E-state index in [-0.39, 0.29) is 11.3 Å². The van der Waals surface area contributed by atoms with E-state index in [1.807, 2.05) is 11.3 Å². The number of hydrogen-bond acceptors (Lipinski definition) is 5. The molecular formula is C32H44F3N4O3S+. The van der Waals surface area contributed by atoms with Crippen LogP contribution >= 0.6 is 11.3 Å². The van der Waals surface area contributed by atoms with Crippen LogP contribution in [-0.4, -0.2) is 66.2 Å². The number of nitrogens with two attached hydrogens (primary N) is 2. The van der Waals surface area contributed by atoms with Crippen molar-refractivity contribution in [1.82, 2.24) is 9.88 Å². The number of aryl methyl sites for hydroxylation is 1. The Bertz CT molecular complexity index is 1270. The lowest BCUT2D eigenvalue weighted by molar-refractivity contribution is -0.697. The number of piperidine rings is 1. The number of carboxylic acid groups (broad SMARTS) is 1. The molecule has 236 valence electrons. The molecule has 2 saturated heterocycles. The Balaban J connectivity index is 0.000000472. The molecule has 5 atom stereocenters. The van der Waals surface area contributed by atoms with E-state index in [0.29, 0.717) is 29.8 Å². The zero-order valence-corrected chi connectivity index (χ0v) is 25.9. The van der Waals surface area contributed by atoms with Gasteiger partial charge < -0.3 is 25.4 Å². The molecule has 0 bridgehead atoms. The molecule has 11 heteroatoms. The minimum Gasteiger partial charge on any atom is -0.542 e. The van der Waals surface area contributed by atoms with E-state index in [4.69, 9.17) is 14.9 Å². The predicted octanol–water partition coefficient (Wildman–Crippen LogP) is 2.04. The molecule has 1 amide bonds. The van der Waals surface area contributed by atoms with Crippen LogP contribution in [0.3, 0.4) is 0 Å². The van der Waals surface area contributed by atoms with E-state index in [1.54, 1.807) is 0 Å². The number of halogens is 3. The van der Waals surface area contributed by atoms with Crippen molar-refractivity contribution in [2.75, 3.05) is 26.2 Å². The Labute approximate surface area is 255 Å². The number of alkyl halides is 3. The molecule has 2 unspecified atom stereocenters. The number of likely N-dealkylation sites (tertiary alicyclic amines) is 1. The largest absolute Gasteiger partial charge is 0.542 e. The molecule has 3 aliphatic heterocycles. The van der Waals surface area contributed by atoms with Gasteiger partial charge in [-0.3, -0.25) is 4.79 Å². The number of aromatic nitrogens is 1. The van der Waals surface area contributed by atoms with Gasteiger partial charge in [0.05, 0.1) is 36.4 Å². The molecule has 1 aromatic carbocycles. The quantitative estimate of drug-likeness (QED) is 0.547. The van der Waals surface area contributed by atoms with Crippen LogP contribution in [0.2, 0.25) is 0 Å². The van der Waals surface area contributed by atoms with Crippen molar-refractivity contribution in [2.45, 2.75) is 94.8 Å². The normalized spacial score (nSPS) is 29.8. The number of carboxylic acids is 1. The van der Waals surface area contributed by atoms with E-state index >= 15 is 0 Å². The minimum atomic E-state index is -5.19. The summed E-state index contributed by atoms with van der Waals surface area (Å²) in [7, 11) is 0. The number of quaternary nitrogens is 2. The SMILES string of the molecule is Cc1nc2c(s1)[C@@]1(C[NH2+]CC1C(=O)N1CC[C@@H](c3ccccc3)C[C@H]1C1CCCCC1)C[NH2+]C(C)C2.O=C([O-])C(F)(F)F. The van der Waals surface area contributed by atoms with Gasteiger partial charge in [0.25, 0.3) is 0 Å². The van der Waals surface area contributed by atoms with Gasteiger partial charge in [-0.2, -0.15) is 13.2 Å². The number of hydrogen-bond donors (Lipinski definition) is 2. The van der Waals surface area contributed by atoms with Gasteiger partial charge in [0, 0.05) is 23.9 Å². The number of fused-ring (bicyclic) bond motifs is 2. The second-order valence-electron chi connectivity index (χ2n) is 13.0. The van der Waals surface area contributed by atoms with Crippen LogP contribution in [0.4, 0.5) is 13.2 Å². The van der Waals surface area contributed by atoms with Gasteiger partial charge in [-0.05, 0) is 56.9 Å². The number of thiazole rings is 1. The van der Waals surface area contributed by atoms with E-state index < -0.39 is 12.1 Å². The Kier molecular flexibility index (Phi) is 9.83. The average molecular weight is 622 g/mol. The maximum atomic E-state index is 14.7. The average Bonchev–Trinajstić information content (AvgIpc) is 3.56. The van der Waals surface area contributed by atoms with Gasteiger partial charge in [0.2, 0.25) is 5.91 Å². The minimum absolute atomic E-state index is 0.0667. The summed E-state index contributed by atoms with van der Waals surface area (Å²) in [6, 6.07) is 12.0. The molecule has 3 fully saturated rings. The van der Waals surface area contributed by atoms with E-state index in [9.17, 15) is 18.0 Å². The Morgan fingerprint density at radius 2 is 1.79 bits per heavy atom. The Hall–Kier alpha value is -2.50. The molecule has 6 rings (SSSR count). The summed E-state index contributed by atoms with van der Waals surface area (Å²) in [6.45, 7) is 8.35. The van der Waals surface area contributed by atoms with Crippen LogP contribution in [0, 0.1) is 18.8 Å². The first kappa shape index (κ1) is 31.9. The highest BCUT2D eigenvalue weighted by Crippen LogP contribution is 2.44. The van der Waals surface area contributed by atoms with Crippen molar-refractivity contribution in [3.05, 3.63) is 51.5 Å². The second-order valence-corrected chi connectivity index (χ2v) is 14.2. The first-order valence-electron chi connectivity index (χ1n) is 15.7. The van der Waals surface area contributed by atoms with E-state index in [2.05, 4.69) is 59.7 Å². The summed E-state index contributed by atoms with van der Waals surface area (Å²) in [5.41, 5.74) is 2.67. The van der Waals surface area contributed by atoms with E-state index in [1.165, 1.54) is 48.2 Å². The van der Waals surface area contributed by atoms with Crippen LogP contribution in [0.5, 0.6) is 0 Å². The third kappa shape index (κ3) is 6.93. The summed E-state index contributed by atoms with van der Waals surface area (Å²) < 4.78 is 31.5. The predicted molar refractivity (Wildman–Crippen MR) is 155 cm³/mol. The highest BCUT2D eigenvalue weighted by Gasteiger charge is 2.58. The fourth-order valence-corrected chi connectivity index (χ4v) is 9.25. The van der Waals surface area contributed by atoms with Gasteiger partial charge >= 0.3 is 6.18 Å². The summed E-state index contributed by atoms with van der Waals surface area (Å²) in [6.07, 6.45) is 4.67. The number of carbonyl (C=O) groups excluding carboxylic acids is 2. The van der Waals surface area contributed by atoms with Crippen molar-refractivity contribution in [3.63, 3.8) is 0 Å². The molecule has 1 aromatic heterocycles. The number of benzene rings is 1. The maximum absolute atomic E-state index is 14.7. The van der Waals surface area contributed by atoms with Crippen molar-refractivity contribution >= 4 is 23.2 Å². The number of carbonyl (C=O) groups is 2. The molecule has 1 aliphatic carbocycles. The monoisotopic (exact) mass is 621 g/mol. The standard InChI is InChI=1S/C30H42N4OS.C2HF3O2/c1-20-15-26-28(36-21(2)33-26)30(19-32-20)18-31-17-25(30)29(35)34-14-13-24(22-9-5-3-6-10-22)16-27(34)23-11-7-4-8-12-23;3-2(4,5)1(6)7/h3,5-6,9-10,20,23-25,27,31-32H,4,7-8,11-19H2,1-2H3;(H,6,7)/p+1/t20?,24-,25?,27+,30+;/m1./s1. The number of aliphatic carboxylic acids is 1. The summed E-state index contributed by atoms with van der Waals surface area (Å²) in [4.78, 5) is 32.3. The molecule has 1 spiro atoms. The van der Waals surface area contributed by atoms with Crippen LogP contribution < -0.4 is 15.7 Å². The van der Waals surface area contributed by atoms with E-state index in [0.717, 1.165) is 50.4 Å². The molecule has 1 saturated carbocycles. The van der Waals surface area contributed by atoms with Gasteiger partial charge in [-0.1, -0.05) is 49.6 Å². The fraction of sp³-hybridized carbons (Fsp3) is 0.656. The lowest BCUT2D eigenvalue weighted by Gasteiger charge is -2.46. The smallest absolute Gasteiger partial charge is 0.430 e. The highest BCUT2D eigenvalue weighted by atomic mass is 32.1. The third-order valence-electron chi connectivity index (χ3n) is 10.2. The lowest BCUT2D eigenvalue weighted by Crippen LogP contribution is -2.93. The van der Waals surface area contributed by atoms with Crippen molar-refractivity contribution in [1.29, 1.82) is 0 Å².